The van der Waals surface area contributed by atoms with Crippen molar-refractivity contribution in [3.8, 4) is 0 Å². The van der Waals surface area contributed by atoms with Gasteiger partial charge in [-0.15, -0.1) is 0 Å². The van der Waals surface area contributed by atoms with E-state index in [-0.39, 0.29) is 12.5 Å². The van der Waals surface area contributed by atoms with Crippen molar-refractivity contribution in [3.63, 3.8) is 0 Å². The second-order valence-electron chi connectivity index (χ2n) is 4.83. The molecule has 17 heavy (non-hydrogen) atoms. The van der Waals surface area contributed by atoms with Crippen molar-refractivity contribution in [1.29, 1.82) is 0 Å². The van der Waals surface area contributed by atoms with E-state index in [4.69, 9.17) is 5.11 Å². The molecule has 4 heteroatoms. The Bertz CT molecular complexity index is 443. The lowest BCUT2D eigenvalue weighted by atomic mass is 10.1. The van der Waals surface area contributed by atoms with Gasteiger partial charge in [0.25, 0.3) is 0 Å². The molecule has 0 bridgehead atoms. The van der Waals surface area contributed by atoms with Crippen LogP contribution in [0.5, 0.6) is 0 Å². The van der Waals surface area contributed by atoms with Gasteiger partial charge in [-0.05, 0) is 36.5 Å². The number of hydrazine groups is 1. The summed E-state index contributed by atoms with van der Waals surface area (Å²) in [6.45, 7) is 0.00191. The molecule has 1 atom stereocenters. The minimum atomic E-state index is 0.00191. The number of rotatable bonds is 3. The summed E-state index contributed by atoms with van der Waals surface area (Å²) in [5.41, 5.74) is 4.92. The lowest BCUT2D eigenvalue weighted by molar-refractivity contribution is -0.117. The molecule has 0 spiro atoms. The molecule has 1 saturated heterocycles. The highest BCUT2D eigenvalue weighted by Crippen LogP contribution is 2.37. The van der Waals surface area contributed by atoms with Crippen LogP contribution in [0.1, 0.15) is 24.8 Å². The van der Waals surface area contributed by atoms with Gasteiger partial charge in [-0.2, -0.15) is 0 Å². The van der Waals surface area contributed by atoms with Crippen molar-refractivity contribution < 1.29 is 9.90 Å². The van der Waals surface area contributed by atoms with E-state index in [9.17, 15) is 4.79 Å². The molecule has 2 N–H and O–H groups in total. The second-order valence-corrected chi connectivity index (χ2v) is 4.83. The highest BCUT2D eigenvalue weighted by atomic mass is 16.3. The summed E-state index contributed by atoms with van der Waals surface area (Å²) in [4.78, 5) is 11.9. The van der Waals surface area contributed by atoms with Crippen LogP contribution >= 0.6 is 0 Å². The van der Waals surface area contributed by atoms with Gasteiger partial charge in [-0.3, -0.25) is 4.79 Å². The molecule has 0 aromatic heterocycles. The minimum absolute atomic E-state index is 0.00191. The van der Waals surface area contributed by atoms with Gasteiger partial charge >= 0.3 is 0 Å². The van der Waals surface area contributed by atoms with Crippen LogP contribution in [0.25, 0.3) is 0 Å². The minimum Gasteiger partial charge on any atom is -0.392 e. The predicted octanol–water partition coefficient (Wildman–Crippen LogP) is 1.20. The molecule has 1 amide bonds. The van der Waals surface area contributed by atoms with Gasteiger partial charge in [0.2, 0.25) is 5.91 Å². The molecule has 2 aliphatic rings. The largest absolute Gasteiger partial charge is 0.392 e. The molecule has 4 nitrogen and oxygen atoms in total. The molecule has 1 aliphatic heterocycles. The zero-order chi connectivity index (χ0) is 11.8. The van der Waals surface area contributed by atoms with Crippen LogP contribution in [0.2, 0.25) is 0 Å². The van der Waals surface area contributed by atoms with Crippen molar-refractivity contribution >= 4 is 11.6 Å². The van der Waals surface area contributed by atoms with Crippen molar-refractivity contribution in [2.45, 2.75) is 31.9 Å². The Hall–Kier alpha value is -1.39. The number of benzene rings is 1. The molecular formula is C13H16N2O2. The summed E-state index contributed by atoms with van der Waals surface area (Å²) in [6, 6.07) is 7.75. The standard InChI is InChI=1S/C13H16N2O2/c16-8-9-2-1-3-11(6-9)15-13(17)7-12(14-15)10-4-5-10/h1-3,6,10,12,14,16H,4-5,7-8H2. The van der Waals surface area contributed by atoms with Crippen molar-refractivity contribution in [1.82, 2.24) is 5.43 Å². The van der Waals surface area contributed by atoms with Crippen molar-refractivity contribution in [2.75, 3.05) is 5.01 Å². The van der Waals surface area contributed by atoms with Gasteiger partial charge in [-0.25, -0.2) is 10.4 Å². The highest BCUT2D eigenvalue weighted by molar-refractivity contribution is 5.95. The molecule has 1 aliphatic carbocycles. The smallest absolute Gasteiger partial charge is 0.243 e. The first kappa shape index (κ1) is 10.7. The van der Waals surface area contributed by atoms with Gasteiger partial charge in [0.15, 0.2) is 0 Å². The summed E-state index contributed by atoms with van der Waals surface area (Å²) < 4.78 is 0. The van der Waals surface area contributed by atoms with Crippen molar-refractivity contribution in [3.05, 3.63) is 29.8 Å². The summed E-state index contributed by atoms with van der Waals surface area (Å²) in [5, 5.41) is 10.7. The van der Waals surface area contributed by atoms with Gasteiger partial charge in [0.05, 0.1) is 12.3 Å². The Morgan fingerprint density at radius 2 is 2.24 bits per heavy atom. The van der Waals surface area contributed by atoms with E-state index in [1.165, 1.54) is 12.8 Å². The van der Waals surface area contributed by atoms with E-state index in [1.54, 1.807) is 5.01 Å². The maximum absolute atomic E-state index is 11.9. The van der Waals surface area contributed by atoms with E-state index in [0.29, 0.717) is 18.4 Å². The van der Waals surface area contributed by atoms with E-state index in [2.05, 4.69) is 5.43 Å². The molecule has 1 unspecified atom stereocenters. The Kier molecular flexibility index (Phi) is 2.61. The number of hydrogen-bond donors (Lipinski definition) is 2. The van der Waals surface area contributed by atoms with Gasteiger partial charge in [0, 0.05) is 12.5 Å². The average Bonchev–Trinajstić information content (AvgIpc) is 3.13. The van der Waals surface area contributed by atoms with E-state index in [1.807, 2.05) is 24.3 Å². The topological polar surface area (TPSA) is 52.6 Å². The Labute approximate surface area is 100 Å². The summed E-state index contributed by atoms with van der Waals surface area (Å²) >= 11 is 0. The summed E-state index contributed by atoms with van der Waals surface area (Å²) in [5.74, 6) is 0.793. The van der Waals surface area contributed by atoms with Crippen LogP contribution in [0.4, 0.5) is 5.69 Å². The second kappa shape index (κ2) is 4.13. The van der Waals surface area contributed by atoms with Crippen LogP contribution < -0.4 is 10.4 Å². The fraction of sp³-hybridized carbons (Fsp3) is 0.462. The third-order valence-corrected chi connectivity index (χ3v) is 3.48. The number of aliphatic hydroxyl groups excluding tert-OH is 1. The zero-order valence-electron chi connectivity index (χ0n) is 9.60. The number of amides is 1. The number of aliphatic hydroxyl groups is 1. The quantitative estimate of drug-likeness (QED) is 0.823. The van der Waals surface area contributed by atoms with Gasteiger partial charge in [-0.1, -0.05) is 12.1 Å². The van der Waals surface area contributed by atoms with Crippen LogP contribution in [0, 0.1) is 5.92 Å². The Morgan fingerprint density at radius 3 is 2.94 bits per heavy atom. The summed E-state index contributed by atoms with van der Waals surface area (Å²) in [7, 11) is 0. The lowest BCUT2D eigenvalue weighted by Crippen LogP contribution is -2.38. The van der Waals surface area contributed by atoms with E-state index >= 15 is 0 Å². The predicted molar refractivity (Wildman–Crippen MR) is 64.1 cm³/mol. The number of carbonyl (C=O) groups is 1. The number of hydrogen-bond acceptors (Lipinski definition) is 3. The maximum atomic E-state index is 11.9. The molecule has 1 aromatic rings. The lowest BCUT2D eigenvalue weighted by Gasteiger charge is -2.18. The molecule has 0 radical (unpaired) electrons. The zero-order valence-corrected chi connectivity index (χ0v) is 9.60. The fourth-order valence-electron chi connectivity index (χ4n) is 2.35. The monoisotopic (exact) mass is 232 g/mol. The molecular weight excluding hydrogens is 216 g/mol. The van der Waals surface area contributed by atoms with Crippen LogP contribution in [-0.4, -0.2) is 17.1 Å². The van der Waals surface area contributed by atoms with E-state index in [0.717, 1.165) is 11.3 Å². The first-order valence-corrected chi connectivity index (χ1v) is 6.07. The molecule has 2 fully saturated rings. The molecule has 1 saturated carbocycles. The Morgan fingerprint density at radius 1 is 1.41 bits per heavy atom. The van der Waals surface area contributed by atoms with Crippen LogP contribution in [0.15, 0.2) is 24.3 Å². The normalized spacial score (nSPS) is 24.4. The molecule has 1 heterocycles. The number of nitrogens with zero attached hydrogens (tertiary/aromatic N) is 1. The Balaban J connectivity index is 1.80. The first-order valence-electron chi connectivity index (χ1n) is 6.07. The molecule has 90 valence electrons. The van der Waals surface area contributed by atoms with Gasteiger partial charge < -0.3 is 5.11 Å². The van der Waals surface area contributed by atoms with Gasteiger partial charge in [0.1, 0.15) is 0 Å². The summed E-state index contributed by atoms with van der Waals surface area (Å²) in [6.07, 6.45) is 3.05. The number of carbonyl (C=O) groups excluding carboxylic acids is 1. The highest BCUT2D eigenvalue weighted by Gasteiger charge is 2.40. The van der Waals surface area contributed by atoms with Crippen LogP contribution in [-0.2, 0) is 11.4 Å². The van der Waals surface area contributed by atoms with E-state index < -0.39 is 0 Å². The first-order chi connectivity index (χ1) is 8.28. The average molecular weight is 232 g/mol. The van der Waals surface area contributed by atoms with Crippen LogP contribution in [0.3, 0.4) is 0 Å². The molecule has 3 rings (SSSR count). The maximum Gasteiger partial charge on any atom is 0.243 e. The SMILES string of the molecule is O=C1CC(C2CC2)NN1c1cccc(CO)c1. The third kappa shape index (κ3) is 2.06. The fourth-order valence-corrected chi connectivity index (χ4v) is 2.35. The number of nitrogens with one attached hydrogen (secondary N) is 1. The van der Waals surface area contributed by atoms with Crippen molar-refractivity contribution in [2.24, 2.45) is 5.92 Å². The molecule has 1 aromatic carbocycles. The number of anilines is 1. The third-order valence-electron chi connectivity index (χ3n) is 3.48.